The summed E-state index contributed by atoms with van der Waals surface area (Å²) in [5.41, 5.74) is 1.66. The fourth-order valence-corrected chi connectivity index (χ4v) is 2.88. The Morgan fingerprint density at radius 3 is 2.75 bits per heavy atom. The predicted molar refractivity (Wildman–Crippen MR) is 79.7 cm³/mol. The van der Waals surface area contributed by atoms with Crippen LogP contribution in [0.2, 0.25) is 0 Å². The fraction of sp³-hybridized carbons (Fsp3) is 0.375. The van der Waals surface area contributed by atoms with Gasteiger partial charge in [0.1, 0.15) is 0 Å². The van der Waals surface area contributed by atoms with Crippen LogP contribution in [0.1, 0.15) is 24.2 Å². The average molecular weight is 269 g/mol. The molecule has 1 N–H and O–H groups in total. The predicted octanol–water partition coefficient (Wildman–Crippen LogP) is 2.06. The van der Waals surface area contributed by atoms with Gasteiger partial charge in [0.2, 0.25) is 0 Å². The number of piperazine rings is 1. The molecule has 0 unspecified atom stereocenters. The molecule has 2 atom stereocenters. The number of hydrogen-bond donors (Lipinski definition) is 1. The Balaban J connectivity index is 1.88. The number of rotatable bonds is 1. The molecule has 2 heterocycles. The van der Waals surface area contributed by atoms with Crippen LogP contribution in [0, 0.1) is 0 Å². The lowest BCUT2D eigenvalue weighted by Gasteiger charge is -2.36. The summed E-state index contributed by atoms with van der Waals surface area (Å²) in [7, 11) is 0. The molecule has 1 fully saturated rings. The third kappa shape index (κ3) is 2.51. The Hall–Kier alpha value is -1.94. The molecule has 20 heavy (non-hydrogen) atoms. The molecule has 0 radical (unpaired) electrons. The van der Waals surface area contributed by atoms with Gasteiger partial charge in [-0.15, -0.1) is 0 Å². The highest BCUT2D eigenvalue weighted by Crippen LogP contribution is 2.16. The number of carbonyl (C=O) groups excluding carboxylic acids is 1. The minimum Gasteiger partial charge on any atom is -0.336 e. The van der Waals surface area contributed by atoms with Crippen molar-refractivity contribution in [2.45, 2.75) is 25.9 Å². The minimum absolute atomic E-state index is 0.107. The average Bonchev–Trinajstić information content (AvgIpc) is 2.45. The van der Waals surface area contributed by atoms with Gasteiger partial charge in [0.15, 0.2) is 0 Å². The lowest BCUT2D eigenvalue weighted by atomic mass is 10.1. The van der Waals surface area contributed by atoms with Crippen molar-refractivity contribution >= 4 is 16.8 Å². The Kier molecular flexibility index (Phi) is 3.40. The second-order valence-corrected chi connectivity index (χ2v) is 5.59. The molecule has 1 aromatic heterocycles. The molecule has 1 saturated heterocycles. The van der Waals surface area contributed by atoms with Crippen molar-refractivity contribution < 1.29 is 4.79 Å². The van der Waals surface area contributed by atoms with E-state index in [9.17, 15) is 4.79 Å². The largest absolute Gasteiger partial charge is 0.336 e. The van der Waals surface area contributed by atoms with Crippen LogP contribution in [-0.4, -0.2) is 41.0 Å². The van der Waals surface area contributed by atoms with E-state index in [0.29, 0.717) is 12.1 Å². The Bertz CT molecular complexity index is 630. The summed E-state index contributed by atoms with van der Waals surface area (Å²) in [6, 6.07) is 10.3. The molecule has 0 aliphatic carbocycles. The molecule has 1 aliphatic heterocycles. The molecule has 0 spiro atoms. The summed E-state index contributed by atoms with van der Waals surface area (Å²) in [5.74, 6) is 0.107. The molecule has 2 aromatic rings. The zero-order valence-corrected chi connectivity index (χ0v) is 11.8. The number of hydrogen-bond acceptors (Lipinski definition) is 3. The van der Waals surface area contributed by atoms with E-state index >= 15 is 0 Å². The summed E-state index contributed by atoms with van der Waals surface area (Å²) in [4.78, 5) is 18.8. The number of pyridine rings is 1. The molecule has 4 nitrogen and oxygen atoms in total. The third-order valence-electron chi connectivity index (χ3n) is 3.69. The van der Waals surface area contributed by atoms with Crippen molar-refractivity contribution in [2.75, 3.05) is 13.1 Å². The van der Waals surface area contributed by atoms with Crippen LogP contribution in [0.15, 0.2) is 36.5 Å². The van der Waals surface area contributed by atoms with Gasteiger partial charge in [0.25, 0.3) is 5.91 Å². The van der Waals surface area contributed by atoms with Gasteiger partial charge in [-0.2, -0.15) is 0 Å². The normalized spacial score (nSPS) is 23.0. The molecule has 1 aromatic carbocycles. The summed E-state index contributed by atoms with van der Waals surface area (Å²) < 4.78 is 0. The van der Waals surface area contributed by atoms with Crippen LogP contribution in [-0.2, 0) is 0 Å². The maximum Gasteiger partial charge on any atom is 0.253 e. The van der Waals surface area contributed by atoms with Crippen LogP contribution in [0.4, 0.5) is 0 Å². The highest BCUT2D eigenvalue weighted by molar-refractivity contribution is 5.98. The first-order valence-corrected chi connectivity index (χ1v) is 7.03. The number of fused-ring (bicyclic) bond motifs is 1. The van der Waals surface area contributed by atoms with Gasteiger partial charge in [0, 0.05) is 42.3 Å². The molecule has 1 amide bonds. The van der Waals surface area contributed by atoms with E-state index in [4.69, 9.17) is 0 Å². The Labute approximate surface area is 118 Å². The van der Waals surface area contributed by atoms with Crippen molar-refractivity contribution in [3.8, 4) is 0 Å². The molecule has 1 aliphatic rings. The summed E-state index contributed by atoms with van der Waals surface area (Å²) in [6.07, 6.45) is 1.77. The third-order valence-corrected chi connectivity index (χ3v) is 3.69. The van der Waals surface area contributed by atoms with Gasteiger partial charge in [-0.05, 0) is 38.1 Å². The SMILES string of the molecule is C[C@@H]1CN(C(=O)c2ccc3ncccc3c2)C[C@H](C)N1. The number of amides is 1. The van der Waals surface area contributed by atoms with Gasteiger partial charge >= 0.3 is 0 Å². The standard InChI is InChI=1S/C16H19N3O/c1-11-9-19(10-12(2)18-11)16(20)14-5-6-15-13(8-14)4-3-7-17-15/h3-8,11-12,18H,9-10H2,1-2H3/t11-,12+. The maximum atomic E-state index is 12.6. The molecular formula is C16H19N3O. The van der Waals surface area contributed by atoms with Crippen LogP contribution in [0.5, 0.6) is 0 Å². The smallest absolute Gasteiger partial charge is 0.253 e. The van der Waals surface area contributed by atoms with E-state index in [0.717, 1.165) is 29.6 Å². The van der Waals surface area contributed by atoms with E-state index in [2.05, 4.69) is 24.1 Å². The quantitative estimate of drug-likeness (QED) is 0.862. The lowest BCUT2D eigenvalue weighted by Crippen LogP contribution is -2.55. The van der Waals surface area contributed by atoms with E-state index in [1.807, 2.05) is 35.2 Å². The second kappa shape index (κ2) is 5.21. The molecule has 4 heteroatoms. The van der Waals surface area contributed by atoms with Crippen LogP contribution >= 0.6 is 0 Å². The first-order valence-electron chi connectivity index (χ1n) is 7.03. The van der Waals surface area contributed by atoms with E-state index in [1.54, 1.807) is 6.20 Å². The van der Waals surface area contributed by atoms with E-state index in [-0.39, 0.29) is 5.91 Å². The molecule has 104 valence electrons. The fourth-order valence-electron chi connectivity index (χ4n) is 2.88. The van der Waals surface area contributed by atoms with Crippen molar-refractivity contribution in [1.29, 1.82) is 0 Å². The monoisotopic (exact) mass is 269 g/mol. The van der Waals surface area contributed by atoms with Crippen LogP contribution in [0.3, 0.4) is 0 Å². The molecule has 3 rings (SSSR count). The molecule has 0 bridgehead atoms. The van der Waals surface area contributed by atoms with Crippen molar-refractivity contribution in [2.24, 2.45) is 0 Å². The first-order chi connectivity index (χ1) is 9.63. The van der Waals surface area contributed by atoms with Gasteiger partial charge in [0.05, 0.1) is 5.52 Å². The van der Waals surface area contributed by atoms with E-state index in [1.165, 1.54) is 0 Å². The summed E-state index contributed by atoms with van der Waals surface area (Å²) in [5, 5.41) is 4.45. The Morgan fingerprint density at radius 1 is 1.25 bits per heavy atom. The number of nitrogens with zero attached hydrogens (tertiary/aromatic N) is 2. The zero-order chi connectivity index (χ0) is 14.1. The molecular weight excluding hydrogens is 250 g/mol. The Morgan fingerprint density at radius 2 is 2.00 bits per heavy atom. The number of nitrogens with one attached hydrogen (secondary N) is 1. The van der Waals surface area contributed by atoms with Crippen molar-refractivity contribution in [3.05, 3.63) is 42.1 Å². The number of aromatic nitrogens is 1. The van der Waals surface area contributed by atoms with Gasteiger partial charge in [-0.1, -0.05) is 6.07 Å². The maximum absolute atomic E-state index is 12.6. The second-order valence-electron chi connectivity index (χ2n) is 5.59. The highest BCUT2D eigenvalue weighted by atomic mass is 16.2. The highest BCUT2D eigenvalue weighted by Gasteiger charge is 2.25. The first kappa shape index (κ1) is 13.1. The lowest BCUT2D eigenvalue weighted by molar-refractivity contribution is 0.0674. The summed E-state index contributed by atoms with van der Waals surface area (Å²) in [6.45, 7) is 5.74. The van der Waals surface area contributed by atoms with Crippen LogP contribution in [0.25, 0.3) is 10.9 Å². The molecule has 0 saturated carbocycles. The van der Waals surface area contributed by atoms with Crippen molar-refractivity contribution in [1.82, 2.24) is 15.2 Å². The van der Waals surface area contributed by atoms with Gasteiger partial charge in [-0.25, -0.2) is 0 Å². The van der Waals surface area contributed by atoms with Gasteiger partial charge < -0.3 is 10.2 Å². The van der Waals surface area contributed by atoms with E-state index < -0.39 is 0 Å². The summed E-state index contributed by atoms with van der Waals surface area (Å²) >= 11 is 0. The topological polar surface area (TPSA) is 45.2 Å². The van der Waals surface area contributed by atoms with Gasteiger partial charge in [-0.3, -0.25) is 9.78 Å². The number of benzene rings is 1. The minimum atomic E-state index is 0.107. The number of carbonyl (C=O) groups is 1. The zero-order valence-electron chi connectivity index (χ0n) is 11.8. The van der Waals surface area contributed by atoms with Crippen LogP contribution < -0.4 is 5.32 Å². The van der Waals surface area contributed by atoms with Crippen molar-refractivity contribution in [3.63, 3.8) is 0 Å².